The van der Waals surface area contributed by atoms with Crippen LogP contribution in [0.2, 0.25) is 0 Å². The lowest BCUT2D eigenvalue weighted by Gasteiger charge is -2.11. The number of aryl methyl sites for hydroxylation is 1. The Morgan fingerprint density at radius 3 is 2.31 bits per heavy atom. The molecule has 142 valence electrons. The maximum atomic E-state index is 11.8. The number of nitrogens with one attached hydrogen (secondary N) is 3. The first-order valence-electron chi connectivity index (χ1n) is 8.56. The van der Waals surface area contributed by atoms with Crippen molar-refractivity contribution in [1.29, 1.82) is 0 Å². The number of thiophene rings is 1. The largest absolute Gasteiger partial charge is 0.357 e. The van der Waals surface area contributed by atoms with Crippen LogP contribution in [0, 0.1) is 6.92 Å². The Balaban J connectivity index is 0.00000338. The number of hydrogen-bond acceptors (Lipinski definition) is 3. The van der Waals surface area contributed by atoms with E-state index in [-0.39, 0.29) is 29.9 Å². The fourth-order valence-corrected chi connectivity index (χ4v) is 3.13. The van der Waals surface area contributed by atoms with Crippen molar-refractivity contribution in [2.45, 2.75) is 33.9 Å². The standard InChI is InChI=1S/C19H26N4OS.HI/c1-4-20-18(24)16-8-6-15(7-9-16)12-22-19(21-5-2)23-13-17-14(3)10-11-25-17;/h6-11H,4-5,12-13H2,1-3H3,(H,20,24)(H2,21,22,23);1H. The maximum Gasteiger partial charge on any atom is 0.251 e. The quantitative estimate of drug-likeness (QED) is 0.318. The number of carbonyl (C=O) groups excluding carboxylic acids is 1. The van der Waals surface area contributed by atoms with Crippen molar-refractivity contribution in [2.24, 2.45) is 4.99 Å². The molecule has 0 bridgehead atoms. The molecule has 5 nitrogen and oxygen atoms in total. The van der Waals surface area contributed by atoms with Gasteiger partial charge in [-0.1, -0.05) is 12.1 Å². The van der Waals surface area contributed by atoms with E-state index in [4.69, 9.17) is 0 Å². The lowest BCUT2D eigenvalue weighted by molar-refractivity contribution is 0.0956. The normalized spacial score (nSPS) is 10.8. The third-order valence-corrected chi connectivity index (χ3v) is 4.72. The molecule has 0 fully saturated rings. The third kappa shape index (κ3) is 6.95. The van der Waals surface area contributed by atoms with Crippen molar-refractivity contribution in [3.63, 3.8) is 0 Å². The number of benzene rings is 1. The molecular formula is C19H27IN4OS. The van der Waals surface area contributed by atoms with E-state index in [0.29, 0.717) is 18.7 Å². The molecule has 0 saturated carbocycles. The minimum atomic E-state index is -0.0427. The Labute approximate surface area is 176 Å². The van der Waals surface area contributed by atoms with Gasteiger partial charge in [0.25, 0.3) is 5.91 Å². The molecule has 0 unspecified atom stereocenters. The second kappa shape index (κ2) is 11.9. The predicted molar refractivity (Wildman–Crippen MR) is 121 cm³/mol. The van der Waals surface area contributed by atoms with Gasteiger partial charge >= 0.3 is 0 Å². The lowest BCUT2D eigenvalue weighted by Crippen LogP contribution is -2.36. The van der Waals surface area contributed by atoms with Crippen LogP contribution < -0.4 is 16.0 Å². The number of carbonyl (C=O) groups is 1. The monoisotopic (exact) mass is 486 g/mol. The van der Waals surface area contributed by atoms with E-state index >= 15 is 0 Å². The van der Waals surface area contributed by atoms with Crippen molar-refractivity contribution in [3.8, 4) is 0 Å². The summed E-state index contributed by atoms with van der Waals surface area (Å²) in [5.74, 6) is 0.752. The van der Waals surface area contributed by atoms with Crippen LogP contribution in [0.15, 0.2) is 40.7 Å². The number of hydrogen-bond donors (Lipinski definition) is 3. The Hall–Kier alpha value is -1.61. The van der Waals surface area contributed by atoms with Gasteiger partial charge < -0.3 is 16.0 Å². The molecule has 3 N–H and O–H groups in total. The molecule has 7 heteroatoms. The van der Waals surface area contributed by atoms with E-state index in [9.17, 15) is 4.79 Å². The minimum absolute atomic E-state index is 0. The van der Waals surface area contributed by atoms with Crippen molar-refractivity contribution in [2.75, 3.05) is 13.1 Å². The molecule has 0 radical (unpaired) electrons. The highest BCUT2D eigenvalue weighted by molar-refractivity contribution is 14.0. The summed E-state index contributed by atoms with van der Waals surface area (Å²) in [5, 5.41) is 11.5. The van der Waals surface area contributed by atoms with E-state index in [2.05, 4.69) is 46.2 Å². The van der Waals surface area contributed by atoms with Crippen LogP contribution in [-0.4, -0.2) is 25.0 Å². The van der Waals surface area contributed by atoms with Gasteiger partial charge in [0.05, 0.1) is 13.1 Å². The Morgan fingerprint density at radius 1 is 1.04 bits per heavy atom. The number of aliphatic imine (C=N–C) groups is 1. The molecule has 26 heavy (non-hydrogen) atoms. The van der Waals surface area contributed by atoms with Crippen molar-refractivity contribution in [1.82, 2.24) is 16.0 Å². The topological polar surface area (TPSA) is 65.5 Å². The lowest BCUT2D eigenvalue weighted by atomic mass is 10.1. The van der Waals surface area contributed by atoms with Crippen molar-refractivity contribution in [3.05, 3.63) is 57.3 Å². The van der Waals surface area contributed by atoms with Gasteiger partial charge in [-0.15, -0.1) is 35.3 Å². The molecule has 0 saturated heterocycles. The molecule has 2 aromatic rings. The van der Waals surface area contributed by atoms with Crippen LogP contribution in [0.3, 0.4) is 0 Å². The van der Waals surface area contributed by atoms with E-state index < -0.39 is 0 Å². The third-order valence-electron chi connectivity index (χ3n) is 3.70. The molecule has 1 heterocycles. The zero-order valence-corrected chi connectivity index (χ0v) is 18.6. The number of amides is 1. The summed E-state index contributed by atoms with van der Waals surface area (Å²) in [4.78, 5) is 17.7. The van der Waals surface area contributed by atoms with Gasteiger partial charge in [0.2, 0.25) is 0 Å². The summed E-state index contributed by atoms with van der Waals surface area (Å²) in [6.45, 7) is 8.86. The Bertz CT molecular complexity index is 713. The molecule has 1 aromatic carbocycles. The number of nitrogens with zero attached hydrogens (tertiary/aromatic N) is 1. The second-order valence-electron chi connectivity index (χ2n) is 5.63. The van der Waals surface area contributed by atoms with Gasteiger partial charge in [-0.05, 0) is 55.5 Å². The maximum absolute atomic E-state index is 11.8. The van der Waals surface area contributed by atoms with Crippen LogP contribution in [0.5, 0.6) is 0 Å². The zero-order valence-electron chi connectivity index (χ0n) is 15.5. The van der Waals surface area contributed by atoms with Gasteiger partial charge in [0.1, 0.15) is 0 Å². The van der Waals surface area contributed by atoms with Crippen LogP contribution in [0.25, 0.3) is 0 Å². The second-order valence-corrected chi connectivity index (χ2v) is 6.63. The van der Waals surface area contributed by atoms with Gasteiger partial charge in [-0.3, -0.25) is 4.79 Å². The molecule has 0 aliphatic heterocycles. The molecular weight excluding hydrogens is 459 g/mol. The fraction of sp³-hybridized carbons (Fsp3) is 0.368. The van der Waals surface area contributed by atoms with Gasteiger partial charge in [0, 0.05) is 23.5 Å². The van der Waals surface area contributed by atoms with Crippen molar-refractivity contribution < 1.29 is 4.79 Å². The molecule has 0 aliphatic carbocycles. The molecule has 0 atom stereocenters. The minimum Gasteiger partial charge on any atom is -0.357 e. The van der Waals surface area contributed by atoms with Crippen LogP contribution in [-0.2, 0) is 13.1 Å². The summed E-state index contributed by atoms with van der Waals surface area (Å²) in [5.41, 5.74) is 3.04. The van der Waals surface area contributed by atoms with Gasteiger partial charge in [-0.2, -0.15) is 0 Å². The summed E-state index contributed by atoms with van der Waals surface area (Å²) in [6, 6.07) is 9.69. The smallest absolute Gasteiger partial charge is 0.251 e. The first-order chi connectivity index (χ1) is 12.1. The predicted octanol–water partition coefficient (Wildman–Crippen LogP) is 3.68. The fourth-order valence-electron chi connectivity index (χ4n) is 2.29. The van der Waals surface area contributed by atoms with Crippen molar-refractivity contribution >= 4 is 47.2 Å². The van der Waals surface area contributed by atoms with E-state index in [1.54, 1.807) is 11.3 Å². The van der Waals surface area contributed by atoms with Crippen LogP contribution in [0.4, 0.5) is 0 Å². The van der Waals surface area contributed by atoms with Crippen LogP contribution in [0.1, 0.15) is 40.2 Å². The average Bonchev–Trinajstić information content (AvgIpc) is 3.03. The highest BCUT2D eigenvalue weighted by Crippen LogP contribution is 2.14. The van der Waals surface area contributed by atoms with E-state index in [1.807, 2.05) is 31.2 Å². The summed E-state index contributed by atoms with van der Waals surface area (Å²) < 4.78 is 0. The summed E-state index contributed by atoms with van der Waals surface area (Å²) in [6.07, 6.45) is 0. The summed E-state index contributed by atoms with van der Waals surface area (Å²) >= 11 is 1.75. The Kier molecular flexibility index (Phi) is 10.3. The SMILES string of the molecule is CCNC(=O)c1ccc(CN=C(NCC)NCc2sccc2C)cc1.I. The summed E-state index contributed by atoms with van der Waals surface area (Å²) in [7, 11) is 0. The van der Waals surface area contributed by atoms with Gasteiger partial charge in [0.15, 0.2) is 5.96 Å². The van der Waals surface area contributed by atoms with Crippen LogP contribution >= 0.6 is 35.3 Å². The van der Waals surface area contributed by atoms with E-state index in [0.717, 1.165) is 24.6 Å². The zero-order chi connectivity index (χ0) is 18.1. The highest BCUT2D eigenvalue weighted by atomic mass is 127. The number of rotatable bonds is 7. The average molecular weight is 486 g/mol. The number of halogens is 1. The molecule has 1 amide bonds. The number of guanidine groups is 1. The molecule has 0 spiro atoms. The first-order valence-corrected chi connectivity index (χ1v) is 9.44. The first kappa shape index (κ1) is 22.4. The van der Waals surface area contributed by atoms with E-state index in [1.165, 1.54) is 10.4 Å². The Morgan fingerprint density at radius 2 is 1.73 bits per heavy atom. The highest BCUT2D eigenvalue weighted by Gasteiger charge is 2.04. The molecule has 0 aliphatic rings. The molecule has 2 rings (SSSR count). The van der Waals surface area contributed by atoms with Gasteiger partial charge in [-0.25, -0.2) is 4.99 Å². The molecule has 1 aromatic heterocycles.